The molecule has 1 amide bonds. The van der Waals surface area contributed by atoms with Gasteiger partial charge in [-0.05, 0) is 51.3 Å². The van der Waals surface area contributed by atoms with Gasteiger partial charge in [0.05, 0.1) is 18.4 Å². The minimum Gasteiger partial charge on any atom is -0.497 e. The zero-order valence-corrected chi connectivity index (χ0v) is 11.9. The first-order chi connectivity index (χ1) is 9.02. The lowest BCUT2D eigenvalue weighted by Crippen LogP contribution is -2.14. The number of carbonyl (C=O) groups excluding carboxylic acids is 1. The molecule has 2 aromatic carbocycles. The number of hydrogen-bond acceptors (Lipinski definition) is 3. The highest BCUT2D eigenvalue weighted by Crippen LogP contribution is 2.31. The van der Waals surface area contributed by atoms with Crippen molar-refractivity contribution in [1.82, 2.24) is 0 Å². The first-order valence-electron chi connectivity index (χ1n) is 5.56. The van der Waals surface area contributed by atoms with E-state index in [0.29, 0.717) is 15.7 Å². The molecule has 0 aliphatic carbocycles. The maximum absolute atomic E-state index is 11.4. The molecule has 2 rings (SSSR count). The number of methoxy groups -OCH3 is 1. The minimum absolute atomic E-state index is 0.306. The van der Waals surface area contributed by atoms with Gasteiger partial charge in [0, 0.05) is 4.47 Å². The zero-order valence-electron chi connectivity index (χ0n) is 10.3. The third-order valence-electron chi connectivity index (χ3n) is 2.82. The lowest BCUT2D eigenvalue weighted by molar-refractivity contribution is 0.100. The quantitative estimate of drug-likeness (QED) is 0.853. The van der Waals surface area contributed by atoms with Crippen LogP contribution in [0.4, 0.5) is 5.69 Å². The van der Waals surface area contributed by atoms with Gasteiger partial charge in [-0.25, -0.2) is 0 Å². The van der Waals surface area contributed by atoms with Crippen LogP contribution in [0.5, 0.6) is 5.75 Å². The van der Waals surface area contributed by atoms with E-state index in [-0.39, 0.29) is 0 Å². The van der Waals surface area contributed by atoms with E-state index in [1.54, 1.807) is 13.2 Å². The summed E-state index contributed by atoms with van der Waals surface area (Å²) in [6, 6.07) is 11.0. The molecule has 0 spiro atoms. The predicted molar refractivity (Wildman–Crippen MR) is 79.1 cm³/mol. The lowest BCUT2D eigenvalue weighted by Gasteiger charge is -2.09. The molecular weight excluding hydrogens is 308 g/mol. The van der Waals surface area contributed by atoms with Crippen molar-refractivity contribution >= 4 is 27.5 Å². The summed E-state index contributed by atoms with van der Waals surface area (Å²) >= 11 is 3.33. The molecule has 4 N–H and O–H groups in total. The topological polar surface area (TPSA) is 78.3 Å². The van der Waals surface area contributed by atoms with E-state index in [9.17, 15) is 4.79 Å². The standard InChI is InChI=1S/C14H13BrN2O2/c1-19-10-4-2-8(3-5-10)9-6-11(14(17)18)13(16)12(15)7-9/h2-7H,16H2,1H3,(H2,17,18). The summed E-state index contributed by atoms with van der Waals surface area (Å²) in [6.07, 6.45) is 0. The summed E-state index contributed by atoms with van der Waals surface area (Å²) in [5.41, 5.74) is 13.6. The maximum atomic E-state index is 11.4. The predicted octanol–water partition coefficient (Wildman–Crippen LogP) is 2.81. The summed E-state index contributed by atoms with van der Waals surface area (Å²) in [6.45, 7) is 0. The van der Waals surface area contributed by atoms with Gasteiger partial charge in [0.25, 0.3) is 5.91 Å². The highest BCUT2D eigenvalue weighted by Gasteiger charge is 2.12. The number of nitrogens with two attached hydrogens (primary N) is 2. The Morgan fingerprint density at radius 3 is 2.32 bits per heavy atom. The van der Waals surface area contributed by atoms with E-state index in [0.717, 1.165) is 16.9 Å². The Morgan fingerprint density at radius 1 is 1.16 bits per heavy atom. The first-order valence-corrected chi connectivity index (χ1v) is 6.35. The van der Waals surface area contributed by atoms with Crippen LogP contribution in [0, 0.1) is 0 Å². The number of hydrogen-bond donors (Lipinski definition) is 2. The Hall–Kier alpha value is -2.01. The van der Waals surface area contributed by atoms with Crippen molar-refractivity contribution in [1.29, 1.82) is 0 Å². The molecule has 0 aliphatic rings. The van der Waals surface area contributed by atoms with Crippen molar-refractivity contribution in [2.45, 2.75) is 0 Å². The summed E-state index contributed by atoms with van der Waals surface area (Å²) < 4.78 is 5.75. The third-order valence-corrected chi connectivity index (χ3v) is 3.47. The first kappa shape index (κ1) is 13.4. The minimum atomic E-state index is -0.548. The van der Waals surface area contributed by atoms with Gasteiger partial charge in [0.1, 0.15) is 5.75 Å². The van der Waals surface area contributed by atoms with Gasteiger partial charge in [-0.3, -0.25) is 4.79 Å². The Bertz CT molecular complexity index is 624. The van der Waals surface area contributed by atoms with Gasteiger partial charge in [0.15, 0.2) is 0 Å². The van der Waals surface area contributed by atoms with Crippen molar-refractivity contribution in [3.05, 3.63) is 46.4 Å². The van der Waals surface area contributed by atoms with Crippen LogP contribution < -0.4 is 16.2 Å². The second kappa shape index (κ2) is 5.32. The van der Waals surface area contributed by atoms with Crippen molar-refractivity contribution in [2.75, 3.05) is 12.8 Å². The fourth-order valence-electron chi connectivity index (χ4n) is 1.77. The molecule has 0 heterocycles. The second-order valence-electron chi connectivity index (χ2n) is 4.01. The SMILES string of the molecule is COc1ccc(-c2cc(Br)c(N)c(C(N)=O)c2)cc1. The number of amides is 1. The monoisotopic (exact) mass is 320 g/mol. The fraction of sp³-hybridized carbons (Fsp3) is 0.0714. The lowest BCUT2D eigenvalue weighted by atomic mass is 10.0. The van der Waals surface area contributed by atoms with Gasteiger partial charge in [-0.1, -0.05) is 12.1 Å². The van der Waals surface area contributed by atoms with Gasteiger partial charge < -0.3 is 16.2 Å². The van der Waals surface area contributed by atoms with E-state index in [1.165, 1.54) is 0 Å². The number of primary amides is 1. The number of ether oxygens (including phenoxy) is 1. The van der Waals surface area contributed by atoms with E-state index in [1.807, 2.05) is 30.3 Å². The average molecular weight is 321 g/mol. The average Bonchev–Trinajstić information content (AvgIpc) is 2.41. The molecule has 2 aromatic rings. The number of carbonyl (C=O) groups is 1. The Kier molecular flexibility index (Phi) is 3.76. The van der Waals surface area contributed by atoms with Crippen molar-refractivity contribution in [3.8, 4) is 16.9 Å². The Morgan fingerprint density at radius 2 is 1.79 bits per heavy atom. The molecule has 5 heteroatoms. The van der Waals surface area contributed by atoms with E-state index < -0.39 is 5.91 Å². The van der Waals surface area contributed by atoms with E-state index in [2.05, 4.69) is 15.9 Å². The van der Waals surface area contributed by atoms with Gasteiger partial charge >= 0.3 is 0 Å². The zero-order chi connectivity index (χ0) is 14.0. The molecule has 0 unspecified atom stereocenters. The molecule has 19 heavy (non-hydrogen) atoms. The van der Waals surface area contributed by atoms with Gasteiger partial charge in [0.2, 0.25) is 0 Å². The largest absolute Gasteiger partial charge is 0.497 e. The summed E-state index contributed by atoms with van der Waals surface area (Å²) in [5, 5.41) is 0. The van der Waals surface area contributed by atoms with Crippen LogP contribution in [0.15, 0.2) is 40.9 Å². The molecule has 0 aromatic heterocycles. The molecule has 4 nitrogen and oxygen atoms in total. The molecular formula is C14H13BrN2O2. The molecule has 0 saturated carbocycles. The Balaban J connectivity index is 2.52. The van der Waals surface area contributed by atoms with Crippen LogP contribution in [-0.2, 0) is 0 Å². The third kappa shape index (κ3) is 2.71. The van der Waals surface area contributed by atoms with Crippen molar-refractivity contribution in [2.24, 2.45) is 5.73 Å². The van der Waals surface area contributed by atoms with Crippen LogP contribution in [0.3, 0.4) is 0 Å². The highest BCUT2D eigenvalue weighted by atomic mass is 79.9. The number of nitrogen functional groups attached to an aromatic ring is 1. The normalized spacial score (nSPS) is 10.2. The van der Waals surface area contributed by atoms with Gasteiger partial charge in [-0.15, -0.1) is 0 Å². The molecule has 0 atom stereocenters. The van der Waals surface area contributed by atoms with Crippen LogP contribution in [0.1, 0.15) is 10.4 Å². The molecule has 0 saturated heterocycles. The molecule has 0 radical (unpaired) electrons. The van der Waals surface area contributed by atoms with Crippen LogP contribution in [-0.4, -0.2) is 13.0 Å². The highest BCUT2D eigenvalue weighted by molar-refractivity contribution is 9.10. The maximum Gasteiger partial charge on any atom is 0.250 e. The molecule has 0 aliphatic heterocycles. The van der Waals surface area contributed by atoms with Crippen molar-refractivity contribution in [3.63, 3.8) is 0 Å². The number of anilines is 1. The van der Waals surface area contributed by atoms with Crippen LogP contribution in [0.25, 0.3) is 11.1 Å². The molecule has 0 fully saturated rings. The summed E-state index contributed by atoms with van der Waals surface area (Å²) in [5.74, 6) is 0.224. The smallest absolute Gasteiger partial charge is 0.250 e. The number of halogens is 1. The van der Waals surface area contributed by atoms with Crippen molar-refractivity contribution < 1.29 is 9.53 Å². The number of rotatable bonds is 3. The second-order valence-corrected chi connectivity index (χ2v) is 4.87. The Labute approximate surface area is 119 Å². The van der Waals surface area contributed by atoms with E-state index >= 15 is 0 Å². The summed E-state index contributed by atoms with van der Waals surface area (Å²) in [4.78, 5) is 11.4. The van der Waals surface area contributed by atoms with Crippen LogP contribution >= 0.6 is 15.9 Å². The molecule has 0 bridgehead atoms. The molecule has 98 valence electrons. The number of benzene rings is 2. The van der Waals surface area contributed by atoms with Gasteiger partial charge in [-0.2, -0.15) is 0 Å². The fourth-order valence-corrected chi connectivity index (χ4v) is 2.23. The van der Waals surface area contributed by atoms with Crippen LogP contribution in [0.2, 0.25) is 0 Å². The summed E-state index contributed by atoms with van der Waals surface area (Å²) in [7, 11) is 1.61. The van der Waals surface area contributed by atoms with E-state index in [4.69, 9.17) is 16.2 Å².